The Labute approximate surface area is 160 Å². The van der Waals surface area contributed by atoms with Crippen LogP contribution in [0, 0.1) is 0 Å². The maximum absolute atomic E-state index is 6.04. The second-order valence-corrected chi connectivity index (χ2v) is 6.82. The maximum Gasteiger partial charge on any atom is 0.163 e. The van der Waals surface area contributed by atoms with E-state index in [4.69, 9.17) is 15.2 Å². The summed E-state index contributed by atoms with van der Waals surface area (Å²) in [5.74, 6) is 1.99. The lowest BCUT2D eigenvalue weighted by molar-refractivity contribution is 0.234. The van der Waals surface area contributed by atoms with E-state index in [2.05, 4.69) is 28.7 Å². The van der Waals surface area contributed by atoms with E-state index in [0.717, 1.165) is 59.4 Å². The largest absolute Gasteiger partial charge is 0.493 e. The van der Waals surface area contributed by atoms with Crippen LogP contribution in [0.25, 0.3) is 21.8 Å². The smallest absolute Gasteiger partial charge is 0.163 e. The first kappa shape index (κ1) is 19.3. The van der Waals surface area contributed by atoms with Crippen molar-refractivity contribution in [1.29, 1.82) is 0 Å². The van der Waals surface area contributed by atoms with Crippen LogP contribution < -0.4 is 15.2 Å². The molecule has 27 heavy (non-hydrogen) atoms. The highest BCUT2D eigenvalue weighted by atomic mass is 16.5. The van der Waals surface area contributed by atoms with Gasteiger partial charge in [-0.05, 0) is 32.0 Å². The molecule has 0 bridgehead atoms. The van der Waals surface area contributed by atoms with Crippen LogP contribution >= 0.6 is 0 Å². The number of anilines is 1. The number of rotatable bonds is 10. The topological polar surface area (TPSA) is 76.4 Å². The van der Waals surface area contributed by atoms with Crippen LogP contribution in [-0.4, -0.2) is 48.2 Å². The third-order valence-corrected chi connectivity index (χ3v) is 4.94. The summed E-state index contributed by atoms with van der Waals surface area (Å²) < 4.78 is 11.6. The van der Waals surface area contributed by atoms with Crippen molar-refractivity contribution in [3.05, 3.63) is 24.4 Å². The van der Waals surface area contributed by atoms with E-state index in [1.807, 2.05) is 18.2 Å². The molecule has 2 aromatic heterocycles. The number of fused-ring (bicyclic) bond motifs is 3. The van der Waals surface area contributed by atoms with Gasteiger partial charge in [0.1, 0.15) is 5.82 Å². The molecular weight excluding hydrogens is 340 g/mol. The molecule has 0 fully saturated rings. The van der Waals surface area contributed by atoms with Gasteiger partial charge in [0.05, 0.1) is 24.8 Å². The molecule has 0 aliphatic heterocycles. The average Bonchev–Trinajstić information content (AvgIpc) is 3.02. The number of methoxy groups -OCH3 is 1. The Bertz CT molecular complexity index is 891. The minimum Gasteiger partial charge on any atom is -0.493 e. The monoisotopic (exact) mass is 370 g/mol. The van der Waals surface area contributed by atoms with Gasteiger partial charge in [0, 0.05) is 35.6 Å². The molecule has 6 nitrogen and oxygen atoms in total. The maximum atomic E-state index is 6.04. The third kappa shape index (κ3) is 4.45. The molecular formula is C21H30N4O2. The summed E-state index contributed by atoms with van der Waals surface area (Å²) in [5.41, 5.74) is 7.75. The van der Waals surface area contributed by atoms with E-state index in [0.29, 0.717) is 12.4 Å². The van der Waals surface area contributed by atoms with Gasteiger partial charge in [-0.15, -0.1) is 0 Å². The van der Waals surface area contributed by atoms with Crippen molar-refractivity contribution in [3.63, 3.8) is 0 Å². The van der Waals surface area contributed by atoms with Crippen molar-refractivity contribution < 1.29 is 9.47 Å². The van der Waals surface area contributed by atoms with E-state index < -0.39 is 0 Å². The number of aromatic nitrogens is 2. The Kier molecular flexibility index (Phi) is 6.40. The zero-order valence-corrected chi connectivity index (χ0v) is 16.5. The molecule has 0 unspecified atom stereocenters. The van der Waals surface area contributed by atoms with Gasteiger partial charge in [0.15, 0.2) is 11.5 Å². The molecule has 0 saturated carbocycles. The highest BCUT2D eigenvalue weighted by Crippen LogP contribution is 2.36. The molecule has 1 aromatic carbocycles. The lowest BCUT2D eigenvalue weighted by Gasteiger charge is -2.20. The summed E-state index contributed by atoms with van der Waals surface area (Å²) in [5, 5.41) is 2.08. The molecule has 3 rings (SSSR count). The van der Waals surface area contributed by atoms with Crippen molar-refractivity contribution in [2.75, 3.05) is 39.1 Å². The van der Waals surface area contributed by atoms with Crippen LogP contribution in [-0.2, 0) is 0 Å². The van der Waals surface area contributed by atoms with Gasteiger partial charge in [-0.1, -0.05) is 20.3 Å². The van der Waals surface area contributed by atoms with E-state index >= 15 is 0 Å². The summed E-state index contributed by atoms with van der Waals surface area (Å²) in [4.78, 5) is 10.1. The number of nitrogen functional groups attached to an aromatic ring is 1. The van der Waals surface area contributed by atoms with E-state index in [-0.39, 0.29) is 0 Å². The number of ether oxygens (including phenoxy) is 2. The lowest BCUT2D eigenvalue weighted by Crippen LogP contribution is -2.26. The second kappa shape index (κ2) is 8.95. The molecule has 146 valence electrons. The van der Waals surface area contributed by atoms with Gasteiger partial charge in [-0.3, -0.25) is 0 Å². The Balaban J connectivity index is 1.71. The predicted molar refractivity (Wildman–Crippen MR) is 112 cm³/mol. The van der Waals surface area contributed by atoms with Crippen LogP contribution in [0.4, 0.5) is 5.82 Å². The number of nitrogens with zero attached hydrogens (tertiary/aromatic N) is 2. The zero-order chi connectivity index (χ0) is 19.2. The zero-order valence-electron chi connectivity index (χ0n) is 16.5. The van der Waals surface area contributed by atoms with Gasteiger partial charge in [-0.2, -0.15) is 0 Å². The number of aromatic amines is 1. The Hall–Kier alpha value is -2.47. The van der Waals surface area contributed by atoms with Crippen LogP contribution in [0.5, 0.6) is 11.5 Å². The van der Waals surface area contributed by atoms with Crippen molar-refractivity contribution in [3.8, 4) is 11.5 Å². The normalized spacial score (nSPS) is 11.6. The van der Waals surface area contributed by atoms with Gasteiger partial charge < -0.3 is 25.1 Å². The molecule has 0 atom stereocenters. The minimum absolute atomic E-state index is 0.501. The molecule has 2 heterocycles. The summed E-state index contributed by atoms with van der Waals surface area (Å²) in [7, 11) is 1.67. The standard InChI is InChI=1S/C21H30N4O2/c1-4-6-8-25(5-2)9-7-10-27-20-12-17-15(11-19(20)26-3)16-14-23-21(22)13-18(16)24-17/h11-14,24H,4-10H2,1-3H3,(H2,22,23). The molecule has 0 aliphatic rings. The Morgan fingerprint density at radius 3 is 2.56 bits per heavy atom. The summed E-state index contributed by atoms with van der Waals surface area (Å²) in [6, 6.07) is 5.85. The van der Waals surface area contributed by atoms with Gasteiger partial charge >= 0.3 is 0 Å². The summed E-state index contributed by atoms with van der Waals surface area (Å²) >= 11 is 0. The van der Waals surface area contributed by atoms with Crippen LogP contribution in [0.2, 0.25) is 0 Å². The predicted octanol–water partition coefficient (Wildman–Crippen LogP) is 4.20. The molecule has 3 N–H and O–H groups in total. The fourth-order valence-corrected chi connectivity index (χ4v) is 3.37. The molecule has 0 spiro atoms. The summed E-state index contributed by atoms with van der Waals surface area (Å²) in [6.07, 6.45) is 5.26. The molecule has 0 aliphatic carbocycles. The number of H-pyrrole nitrogens is 1. The number of unbranched alkanes of at least 4 members (excludes halogenated alkanes) is 1. The van der Waals surface area contributed by atoms with Gasteiger partial charge in [-0.25, -0.2) is 4.98 Å². The van der Waals surface area contributed by atoms with Gasteiger partial charge in [0.25, 0.3) is 0 Å². The SMILES string of the molecule is CCCCN(CC)CCCOc1cc2[nH]c3cc(N)ncc3c2cc1OC. The molecule has 6 heteroatoms. The lowest BCUT2D eigenvalue weighted by atomic mass is 10.2. The van der Waals surface area contributed by atoms with Gasteiger partial charge in [0.2, 0.25) is 0 Å². The highest BCUT2D eigenvalue weighted by molar-refractivity contribution is 6.08. The fraction of sp³-hybridized carbons (Fsp3) is 0.476. The average molecular weight is 370 g/mol. The van der Waals surface area contributed by atoms with E-state index in [9.17, 15) is 0 Å². The second-order valence-electron chi connectivity index (χ2n) is 6.82. The number of nitrogens with two attached hydrogens (primary N) is 1. The quantitative estimate of drug-likeness (QED) is 0.523. The fourth-order valence-electron chi connectivity index (χ4n) is 3.37. The number of pyridine rings is 1. The first-order valence-corrected chi connectivity index (χ1v) is 9.76. The first-order valence-electron chi connectivity index (χ1n) is 9.76. The first-order chi connectivity index (χ1) is 13.2. The van der Waals surface area contributed by atoms with Crippen molar-refractivity contribution in [2.45, 2.75) is 33.1 Å². The van der Waals surface area contributed by atoms with Crippen LogP contribution in [0.3, 0.4) is 0 Å². The Morgan fingerprint density at radius 2 is 1.81 bits per heavy atom. The van der Waals surface area contributed by atoms with Crippen LogP contribution in [0.15, 0.2) is 24.4 Å². The summed E-state index contributed by atoms with van der Waals surface area (Å²) in [6.45, 7) is 8.41. The molecule has 0 amide bonds. The minimum atomic E-state index is 0.501. The molecule has 0 saturated heterocycles. The van der Waals surface area contributed by atoms with E-state index in [1.54, 1.807) is 13.3 Å². The molecule has 3 aromatic rings. The van der Waals surface area contributed by atoms with Crippen molar-refractivity contribution in [2.24, 2.45) is 0 Å². The molecule has 0 radical (unpaired) electrons. The van der Waals surface area contributed by atoms with E-state index in [1.165, 1.54) is 12.8 Å². The number of nitrogens with one attached hydrogen (secondary N) is 1. The van der Waals surface area contributed by atoms with Crippen molar-refractivity contribution in [1.82, 2.24) is 14.9 Å². The van der Waals surface area contributed by atoms with Crippen LogP contribution in [0.1, 0.15) is 33.1 Å². The third-order valence-electron chi connectivity index (χ3n) is 4.94. The number of benzene rings is 1. The highest BCUT2D eigenvalue weighted by Gasteiger charge is 2.12. The Morgan fingerprint density at radius 1 is 1.04 bits per heavy atom. The number of hydrogen-bond acceptors (Lipinski definition) is 5. The number of hydrogen-bond donors (Lipinski definition) is 2. The van der Waals surface area contributed by atoms with Crippen molar-refractivity contribution >= 4 is 27.6 Å².